The Labute approximate surface area is 129 Å². The van der Waals surface area contributed by atoms with Gasteiger partial charge in [-0.3, -0.25) is 14.3 Å². The number of rotatable bonds is 6. The Morgan fingerprint density at radius 1 is 1.48 bits per heavy atom. The molecule has 0 radical (unpaired) electrons. The van der Waals surface area contributed by atoms with Crippen molar-refractivity contribution >= 4 is 29.6 Å². The van der Waals surface area contributed by atoms with Crippen LogP contribution >= 0.6 is 11.6 Å². The van der Waals surface area contributed by atoms with Crippen LogP contribution in [0.1, 0.15) is 24.6 Å². The normalized spacial score (nSPS) is 10.9. The first kappa shape index (κ1) is 17.2. The first-order valence-corrected chi connectivity index (χ1v) is 7.01. The second-order valence-electron chi connectivity index (χ2n) is 4.49. The molecule has 116 valence electrons. The number of esters is 1. The Hall–Kier alpha value is -1.82. The summed E-state index contributed by atoms with van der Waals surface area (Å²) in [7, 11) is 3.07. The number of aromatic nitrogens is 2. The minimum atomic E-state index is -0.337. The number of hydrogen-bond acceptors (Lipinski definition) is 4. The number of ether oxygens (including phenoxy) is 1. The van der Waals surface area contributed by atoms with E-state index in [1.165, 1.54) is 13.2 Å². The molecule has 6 nitrogen and oxygen atoms in total. The predicted molar refractivity (Wildman–Crippen MR) is 80.9 cm³/mol. The first-order chi connectivity index (χ1) is 9.90. The number of likely N-dealkylation sites (N-methyl/N-ethyl adjacent to an activating group) is 1. The molecule has 21 heavy (non-hydrogen) atoms. The highest BCUT2D eigenvalue weighted by molar-refractivity contribution is 6.31. The molecule has 0 unspecified atom stereocenters. The molecule has 1 aromatic heterocycles. The van der Waals surface area contributed by atoms with Crippen LogP contribution in [0.5, 0.6) is 0 Å². The molecule has 7 heteroatoms. The molecule has 0 saturated heterocycles. The zero-order valence-electron chi connectivity index (χ0n) is 12.7. The van der Waals surface area contributed by atoms with Crippen LogP contribution in [0.25, 0.3) is 6.08 Å². The number of hydrogen-bond donors (Lipinski definition) is 0. The predicted octanol–water partition coefficient (Wildman–Crippen LogP) is 1.81. The molecule has 0 aliphatic carbocycles. The molecule has 0 aliphatic rings. The van der Waals surface area contributed by atoms with Crippen molar-refractivity contribution in [1.29, 1.82) is 0 Å². The highest BCUT2D eigenvalue weighted by Gasteiger charge is 2.12. The lowest BCUT2D eigenvalue weighted by molar-refractivity contribution is -0.141. The number of nitrogens with zero attached hydrogens (tertiary/aromatic N) is 3. The third-order valence-corrected chi connectivity index (χ3v) is 3.54. The van der Waals surface area contributed by atoms with E-state index in [0.29, 0.717) is 18.2 Å². The Kier molecular flexibility index (Phi) is 6.42. The summed E-state index contributed by atoms with van der Waals surface area (Å²) in [5, 5.41) is 4.65. The van der Waals surface area contributed by atoms with Crippen LogP contribution in [0, 0.1) is 6.92 Å². The van der Waals surface area contributed by atoms with Gasteiger partial charge in [-0.05, 0) is 19.9 Å². The maximum Gasteiger partial charge on any atom is 0.307 e. The first-order valence-electron chi connectivity index (χ1n) is 6.63. The molecule has 0 N–H and O–H groups in total. The Morgan fingerprint density at radius 2 is 2.14 bits per heavy atom. The summed E-state index contributed by atoms with van der Waals surface area (Å²) < 4.78 is 6.12. The number of carbonyl (C=O) groups excluding carboxylic acids is 2. The Balaban J connectivity index is 2.73. The van der Waals surface area contributed by atoms with Crippen molar-refractivity contribution in [1.82, 2.24) is 14.7 Å². The van der Waals surface area contributed by atoms with E-state index in [9.17, 15) is 9.59 Å². The molecule has 0 bridgehead atoms. The highest BCUT2D eigenvalue weighted by atomic mass is 35.5. The van der Waals surface area contributed by atoms with Crippen LogP contribution in [0.3, 0.4) is 0 Å². The van der Waals surface area contributed by atoms with Crippen molar-refractivity contribution in [2.45, 2.75) is 20.3 Å². The minimum absolute atomic E-state index is 0.177. The largest absolute Gasteiger partial charge is 0.469 e. The number of methoxy groups -OCH3 is 1. The molecule has 0 aliphatic heterocycles. The van der Waals surface area contributed by atoms with E-state index < -0.39 is 0 Å². The molecule has 0 saturated carbocycles. The summed E-state index contributed by atoms with van der Waals surface area (Å²) in [5.74, 6) is -0.517. The zero-order chi connectivity index (χ0) is 16.0. The molecule has 0 atom stereocenters. The molecule has 0 aromatic carbocycles. The van der Waals surface area contributed by atoms with Gasteiger partial charge in [0.05, 0.1) is 19.2 Å². The lowest BCUT2D eigenvalue weighted by atomic mass is 10.2. The van der Waals surface area contributed by atoms with Gasteiger partial charge in [-0.1, -0.05) is 11.6 Å². The zero-order valence-corrected chi connectivity index (χ0v) is 13.5. The van der Waals surface area contributed by atoms with Crippen molar-refractivity contribution in [2.75, 3.05) is 20.2 Å². The number of amides is 1. The monoisotopic (exact) mass is 313 g/mol. The lowest BCUT2D eigenvalue weighted by Gasteiger charge is -2.18. The summed E-state index contributed by atoms with van der Waals surface area (Å²) in [6.45, 7) is 4.52. The Morgan fingerprint density at radius 3 is 2.62 bits per heavy atom. The average Bonchev–Trinajstić information content (AvgIpc) is 2.70. The van der Waals surface area contributed by atoms with Crippen molar-refractivity contribution in [3.8, 4) is 0 Å². The van der Waals surface area contributed by atoms with Gasteiger partial charge in [-0.2, -0.15) is 5.10 Å². The molecule has 1 aromatic rings. The fourth-order valence-electron chi connectivity index (χ4n) is 1.85. The highest BCUT2D eigenvalue weighted by Crippen LogP contribution is 2.20. The lowest BCUT2D eigenvalue weighted by Crippen LogP contribution is -2.31. The van der Waals surface area contributed by atoms with E-state index in [4.69, 9.17) is 11.6 Å². The van der Waals surface area contributed by atoms with E-state index >= 15 is 0 Å². The van der Waals surface area contributed by atoms with Crippen LogP contribution in [-0.2, 0) is 21.4 Å². The molecule has 0 fully saturated rings. The van der Waals surface area contributed by atoms with Crippen LogP contribution < -0.4 is 0 Å². The fourth-order valence-corrected chi connectivity index (χ4v) is 2.09. The van der Waals surface area contributed by atoms with Gasteiger partial charge in [-0.25, -0.2) is 0 Å². The number of carbonyl (C=O) groups is 2. The van der Waals surface area contributed by atoms with E-state index in [2.05, 4.69) is 9.84 Å². The molecule has 1 rings (SSSR count). The molecular formula is C14H20ClN3O3. The smallest absolute Gasteiger partial charge is 0.307 e. The van der Waals surface area contributed by atoms with Crippen molar-refractivity contribution in [3.05, 3.63) is 22.5 Å². The SMILES string of the molecule is CCN(CCC(=O)OC)C(=O)/C=C/c1c(C)nn(C)c1Cl. The molecule has 0 spiro atoms. The van der Waals surface area contributed by atoms with Gasteiger partial charge >= 0.3 is 5.97 Å². The van der Waals surface area contributed by atoms with E-state index in [1.54, 1.807) is 22.7 Å². The topological polar surface area (TPSA) is 64.4 Å². The van der Waals surface area contributed by atoms with Gasteiger partial charge in [0.25, 0.3) is 0 Å². The third kappa shape index (κ3) is 4.60. The van der Waals surface area contributed by atoms with Crippen molar-refractivity contribution in [2.24, 2.45) is 7.05 Å². The third-order valence-electron chi connectivity index (χ3n) is 3.10. The van der Waals surface area contributed by atoms with Crippen LogP contribution in [0.2, 0.25) is 5.15 Å². The molecule has 1 amide bonds. The van der Waals surface area contributed by atoms with Crippen molar-refractivity contribution < 1.29 is 14.3 Å². The summed E-state index contributed by atoms with van der Waals surface area (Å²) >= 11 is 6.10. The summed E-state index contributed by atoms with van der Waals surface area (Å²) in [6, 6.07) is 0. The minimum Gasteiger partial charge on any atom is -0.469 e. The quantitative estimate of drug-likeness (QED) is 0.593. The maximum absolute atomic E-state index is 12.1. The Bertz CT molecular complexity index is 552. The van der Waals surface area contributed by atoms with Gasteiger partial charge in [-0.15, -0.1) is 0 Å². The van der Waals surface area contributed by atoms with Gasteiger partial charge in [0.15, 0.2) is 0 Å². The van der Waals surface area contributed by atoms with E-state index in [1.807, 2.05) is 13.8 Å². The van der Waals surface area contributed by atoms with Crippen LogP contribution in [-0.4, -0.2) is 46.8 Å². The van der Waals surface area contributed by atoms with Gasteiger partial charge in [0.2, 0.25) is 5.91 Å². The maximum atomic E-state index is 12.1. The van der Waals surface area contributed by atoms with E-state index in [-0.39, 0.29) is 18.3 Å². The summed E-state index contributed by atoms with van der Waals surface area (Å²) in [5.41, 5.74) is 1.47. The fraction of sp³-hybridized carbons (Fsp3) is 0.500. The molecule has 1 heterocycles. The summed E-state index contributed by atoms with van der Waals surface area (Å²) in [6.07, 6.45) is 3.26. The molecular weight excluding hydrogens is 294 g/mol. The van der Waals surface area contributed by atoms with Gasteiger partial charge in [0.1, 0.15) is 5.15 Å². The van der Waals surface area contributed by atoms with Crippen LogP contribution in [0.15, 0.2) is 6.08 Å². The van der Waals surface area contributed by atoms with E-state index in [0.717, 1.165) is 11.3 Å². The standard InChI is InChI=1S/C14H20ClN3O3/c1-5-18(9-8-13(20)21-4)12(19)7-6-11-10(2)16-17(3)14(11)15/h6-7H,5,8-9H2,1-4H3/b7-6+. The van der Waals surface area contributed by atoms with Gasteiger partial charge < -0.3 is 9.64 Å². The number of halogens is 1. The average molecular weight is 314 g/mol. The van der Waals surface area contributed by atoms with Crippen LogP contribution in [0.4, 0.5) is 0 Å². The summed E-state index contributed by atoms with van der Waals surface area (Å²) in [4.78, 5) is 24.8. The number of aryl methyl sites for hydroxylation is 2. The second kappa shape index (κ2) is 7.83. The van der Waals surface area contributed by atoms with Crippen molar-refractivity contribution in [3.63, 3.8) is 0 Å². The van der Waals surface area contributed by atoms with Gasteiger partial charge in [0, 0.05) is 31.8 Å². The second-order valence-corrected chi connectivity index (χ2v) is 4.85.